The number of hydrogen-bond acceptors (Lipinski definition) is 4. The van der Waals surface area contributed by atoms with E-state index in [0.29, 0.717) is 24.3 Å². The second-order valence-corrected chi connectivity index (χ2v) is 6.41. The number of nitrogens with zero attached hydrogens (tertiary/aromatic N) is 1. The number of rotatable bonds is 6. The molecule has 1 saturated heterocycles. The van der Waals surface area contributed by atoms with E-state index >= 15 is 0 Å². The molecule has 0 aromatic carbocycles. The number of aliphatic hydroxyl groups excluding tert-OH is 1. The molecule has 1 aliphatic rings. The maximum Gasteiger partial charge on any atom is 0.225 e. The number of aliphatic hydroxyl groups is 1. The summed E-state index contributed by atoms with van der Waals surface area (Å²) in [4.78, 5) is 14.2. The summed E-state index contributed by atoms with van der Waals surface area (Å²) < 4.78 is 5.51. The van der Waals surface area contributed by atoms with E-state index in [4.69, 9.17) is 9.52 Å². The number of hydrogen-bond donors (Lipinski definition) is 2. The highest BCUT2D eigenvalue weighted by molar-refractivity contribution is 5.78. The molecule has 2 atom stereocenters. The van der Waals surface area contributed by atoms with Crippen molar-refractivity contribution in [3.8, 4) is 0 Å². The molecule has 2 unspecified atom stereocenters. The summed E-state index contributed by atoms with van der Waals surface area (Å²) >= 11 is 0. The van der Waals surface area contributed by atoms with E-state index in [1.54, 1.807) is 6.07 Å². The molecular formula is C17H28N2O3. The molecule has 1 aliphatic heterocycles. The Balaban J connectivity index is 1.88. The Morgan fingerprint density at radius 1 is 1.45 bits per heavy atom. The van der Waals surface area contributed by atoms with Crippen molar-refractivity contribution in [2.24, 2.45) is 11.8 Å². The second kappa shape index (κ2) is 7.79. The Hall–Kier alpha value is -1.33. The van der Waals surface area contributed by atoms with Crippen LogP contribution in [-0.2, 0) is 17.9 Å². The zero-order valence-corrected chi connectivity index (χ0v) is 13.8. The molecule has 1 aromatic heterocycles. The molecule has 124 valence electrons. The fourth-order valence-corrected chi connectivity index (χ4v) is 3.11. The first-order chi connectivity index (χ1) is 10.5. The van der Waals surface area contributed by atoms with Crippen molar-refractivity contribution >= 4 is 5.91 Å². The number of nitrogens with one attached hydrogen (secondary N) is 1. The summed E-state index contributed by atoms with van der Waals surface area (Å²) in [6, 6.07) is 4.11. The molecule has 0 aliphatic carbocycles. The SMILES string of the molecule is CCC1CN(C(=O)C(C)C)CCC1NCc1ccc(CO)o1. The van der Waals surface area contributed by atoms with Gasteiger partial charge in [-0.25, -0.2) is 0 Å². The lowest BCUT2D eigenvalue weighted by atomic mass is 9.89. The van der Waals surface area contributed by atoms with E-state index in [2.05, 4.69) is 12.2 Å². The van der Waals surface area contributed by atoms with E-state index in [0.717, 1.165) is 31.7 Å². The molecule has 0 spiro atoms. The lowest BCUT2D eigenvalue weighted by Gasteiger charge is -2.39. The standard InChI is InChI=1S/C17H28N2O3/c1-4-13-10-19(17(21)12(2)3)8-7-16(13)18-9-14-5-6-15(11-20)22-14/h5-6,12-13,16,18,20H,4,7-11H2,1-3H3. The van der Waals surface area contributed by atoms with Crippen LogP contribution in [-0.4, -0.2) is 35.0 Å². The van der Waals surface area contributed by atoms with Crippen molar-refractivity contribution in [2.45, 2.75) is 52.8 Å². The summed E-state index contributed by atoms with van der Waals surface area (Å²) in [5.41, 5.74) is 0. The number of amides is 1. The van der Waals surface area contributed by atoms with Gasteiger partial charge in [-0.3, -0.25) is 4.79 Å². The molecule has 1 fully saturated rings. The van der Waals surface area contributed by atoms with Crippen molar-refractivity contribution in [3.63, 3.8) is 0 Å². The van der Waals surface area contributed by atoms with Crippen LogP contribution in [0.1, 0.15) is 45.1 Å². The first-order valence-corrected chi connectivity index (χ1v) is 8.25. The molecule has 1 amide bonds. The number of likely N-dealkylation sites (tertiary alicyclic amines) is 1. The molecule has 22 heavy (non-hydrogen) atoms. The van der Waals surface area contributed by atoms with E-state index in [1.165, 1.54) is 0 Å². The van der Waals surface area contributed by atoms with Crippen LogP contribution in [0.4, 0.5) is 0 Å². The quantitative estimate of drug-likeness (QED) is 0.845. The van der Waals surface area contributed by atoms with Gasteiger partial charge in [-0.2, -0.15) is 0 Å². The van der Waals surface area contributed by atoms with Crippen LogP contribution in [0.15, 0.2) is 16.5 Å². The minimum absolute atomic E-state index is 0.0622. The lowest BCUT2D eigenvalue weighted by molar-refractivity contribution is -0.136. The Bertz CT molecular complexity index is 484. The number of piperidine rings is 1. The molecule has 2 heterocycles. The van der Waals surface area contributed by atoms with Crippen LogP contribution in [0.5, 0.6) is 0 Å². The second-order valence-electron chi connectivity index (χ2n) is 6.41. The zero-order valence-electron chi connectivity index (χ0n) is 13.8. The topological polar surface area (TPSA) is 65.7 Å². The molecule has 0 radical (unpaired) electrons. The third-order valence-corrected chi connectivity index (χ3v) is 4.48. The predicted octanol–water partition coefficient (Wildman–Crippen LogP) is 2.14. The van der Waals surface area contributed by atoms with Crippen LogP contribution in [0, 0.1) is 11.8 Å². The molecule has 2 N–H and O–H groups in total. The van der Waals surface area contributed by atoms with Crippen LogP contribution >= 0.6 is 0 Å². The minimum Gasteiger partial charge on any atom is -0.462 e. The van der Waals surface area contributed by atoms with Crippen molar-refractivity contribution in [2.75, 3.05) is 13.1 Å². The first kappa shape index (κ1) is 17.0. The highest BCUT2D eigenvalue weighted by Crippen LogP contribution is 2.22. The maximum atomic E-state index is 12.1. The van der Waals surface area contributed by atoms with E-state index in [1.807, 2.05) is 24.8 Å². The van der Waals surface area contributed by atoms with Gasteiger partial charge in [0.1, 0.15) is 18.1 Å². The fourth-order valence-electron chi connectivity index (χ4n) is 3.11. The molecule has 1 aromatic rings. The van der Waals surface area contributed by atoms with Gasteiger partial charge in [0.05, 0.1) is 6.54 Å². The maximum absolute atomic E-state index is 12.1. The van der Waals surface area contributed by atoms with E-state index in [-0.39, 0.29) is 18.4 Å². The monoisotopic (exact) mass is 308 g/mol. The third kappa shape index (κ3) is 4.11. The van der Waals surface area contributed by atoms with Gasteiger partial charge in [-0.15, -0.1) is 0 Å². The predicted molar refractivity (Wildman–Crippen MR) is 85.1 cm³/mol. The van der Waals surface area contributed by atoms with Gasteiger partial charge in [-0.05, 0) is 24.5 Å². The van der Waals surface area contributed by atoms with Crippen molar-refractivity contribution < 1.29 is 14.3 Å². The number of carbonyl (C=O) groups is 1. The summed E-state index contributed by atoms with van der Waals surface area (Å²) in [5, 5.41) is 12.6. The lowest BCUT2D eigenvalue weighted by Crippen LogP contribution is -2.51. The molecule has 5 nitrogen and oxygen atoms in total. The van der Waals surface area contributed by atoms with Crippen LogP contribution < -0.4 is 5.32 Å². The molecule has 2 rings (SSSR count). The van der Waals surface area contributed by atoms with Gasteiger partial charge in [0.2, 0.25) is 5.91 Å². The first-order valence-electron chi connectivity index (χ1n) is 8.25. The fraction of sp³-hybridized carbons (Fsp3) is 0.706. The summed E-state index contributed by atoms with van der Waals surface area (Å²) in [7, 11) is 0. The van der Waals surface area contributed by atoms with Gasteiger partial charge >= 0.3 is 0 Å². The van der Waals surface area contributed by atoms with E-state index in [9.17, 15) is 4.79 Å². The van der Waals surface area contributed by atoms with Crippen LogP contribution in [0.25, 0.3) is 0 Å². The average Bonchev–Trinajstić information content (AvgIpc) is 3.00. The number of carbonyl (C=O) groups excluding carboxylic acids is 1. The van der Waals surface area contributed by atoms with E-state index < -0.39 is 0 Å². The van der Waals surface area contributed by atoms with Crippen LogP contribution in [0.3, 0.4) is 0 Å². The molecular weight excluding hydrogens is 280 g/mol. The van der Waals surface area contributed by atoms with Gasteiger partial charge in [0, 0.05) is 25.0 Å². The smallest absolute Gasteiger partial charge is 0.225 e. The normalized spacial score (nSPS) is 22.3. The van der Waals surface area contributed by atoms with Gasteiger partial charge in [-0.1, -0.05) is 27.2 Å². The van der Waals surface area contributed by atoms with Gasteiger partial charge < -0.3 is 19.7 Å². The largest absolute Gasteiger partial charge is 0.462 e. The summed E-state index contributed by atoms with van der Waals surface area (Å²) in [6.45, 7) is 8.37. The third-order valence-electron chi connectivity index (χ3n) is 4.48. The van der Waals surface area contributed by atoms with Gasteiger partial charge in [0.15, 0.2) is 0 Å². The van der Waals surface area contributed by atoms with Crippen molar-refractivity contribution in [1.82, 2.24) is 10.2 Å². The van der Waals surface area contributed by atoms with Gasteiger partial charge in [0.25, 0.3) is 0 Å². The molecule has 0 bridgehead atoms. The average molecular weight is 308 g/mol. The minimum atomic E-state index is -0.0622. The van der Waals surface area contributed by atoms with Crippen LogP contribution in [0.2, 0.25) is 0 Å². The Morgan fingerprint density at radius 3 is 2.77 bits per heavy atom. The molecule has 0 saturated carbocycles. The zero-order chi connectivity index (χ0) is 16.1. The highest BCUT2D eigenvalue weighted by atomic mass is 16.4. The van der Waals surface area contributed by atoms with Crippen molar-refractivity contribution in [3.05, 3.63) is 23.7 Å². The highest BCUT2D eigenvalue weighted by Gasteiger charge is 2.30. The Morgan fingerprint density at radius 2 is 2.18 bits per heavy atom. The molecule has 5 heteroatoms. The number of furan rings is 1. The Labute approximate surface area is 132 Å². The Kier molecular flexibility index (Phi) is 6.03. The summed E-state index contributed by atoms with van der Waals surface area (Å²) in [5.74, 6) is 2.25. The van der Waals surface area contributed by atoms with Crippen molar-refractivity contribution in [1.29, 1.82) is 0 Å². The summed E-state index contributed by atoms with van der Waals surface area (Å²) in [6.07, 6.45) is 2.03.